The molecule has 3 aromatic rings. The van der Waals surface area contributed by atoms with E-state index in [9.17, 15) is 4.39 Å². The Morgan fingerprint density at radius 3 is 3.08 bits per heavy atom. The maximum absolute atomic E-state index is 14.2. The van der Waals surface area contributed by atoms with Crippen molar-refractivity contribution >= 4 is 44.1 Å². The van der Waals surface area contributed by atoms with Crippen molar-refractivity contribution in [2.75, 3.05) is 35.6 Å². The van der Waals surface area contributed by atoms with Crippen LogP contribution in [-0.2, 0) is 4.74 Å². The van der Waals surface area contributed by atoms with Gasteiger partial charge in [0.25, 0.3) is 0 Å². The minimum Gasteiger partial charge on any atom is -0.384 e. The van der Waals surface area contributed by atoms with Gasteiger partial charge in [0.2, 0.25) is 0 Å². The van der Waals surface area contributed by atoms with Gasteiger partial charge < -0.3 is 20.7 Å². The zero-order chi connectivity index (χ0) is 17.4. The van der Waals surface area contributed by atoms with E-state index in [1.807, 2.05) is 6.92 Å². The second-order valence-corrected chi connectivity index (χ2v) is 6.69. The van der Waals surface area contributed by atoms with Gasteiger partial charge in [-0.1, -0.05) is 11.3 Å². The standard InChI is InChI=1S/C15H16FN7OS/c1-8-6-23(2-3-24-8)15-22-12-9(16)5-18-14(13(12)25-15)21-11-4-10(17)19-7-20-11/h4-5,7-8H,2-3,6H2,1H3,(H3,17,18,19,20,21)/t8-/m0/s1. The molecule has 4 heterocycles. The summed E-state index contributed by atoms with van der Waals surface area (Å²) in [6.07, 6.45) is 2.62. The average Bonchev–Trinajstić information content (AvgIpc) is 3.04. The van der Waals surface area contributed by atoms with E-state index < -0.39 is 5.82 Å². The molecule has 4 rings (SSSR count). The van der Waals surface area contributed by atoms with Gasteiger partial charge in [-0.3, -0.25) is 0 Å². The molecule has 130 valence electrons. The zero-order valence-corrected chi connectivity index (χ0v) is 14.3. The van der Waals surface area contributed by atoms with E-state index in [4.69, 9.17) is 10.5 Å². The van der Waals surface area contributed by atoms with Gasteiger partial charge in [-0.15, -0.1) is 0 Å². The number of fused-ring (bicyclic) bond motifs is 1. The van der Waals surface area contributed by atoms with Crippen LogP contribution in [0, 0.1) is 5.82 Å². The first kappa shape index (κ1) is 15.9. The highest BCUT2D eigenvalue weighted by molar-refractivity contribution is 7.22. The summed E-state index contributed by atoms with van der Waals surface area (Å²) < 4.78 is 20.4. The Labute approximate surface area is 146 Å². The highest BCUT2D eigenvalue weighted by Crippen LogP contribution is 2.35. The third-order valence-corrected chi connectivity index (χ3v) is 4.93. The van der Waals surface area contributed by atoms with Crippen LogP contribution in [0.3, 0.4) is 0 Å². The molecule has 0 aromatic carbocycles. The first-order valence-corrected chi connectivity index (χ1v) is 8.58. The lowest BCUT2D eigenvalue weighted by atomic mass is 10.3. The van der Waals surface area contributed by atoms with Crippen LogP contribution in [0.2, 0.25) is 0 Å². The number of nitrogens with one attached hydrogen (secondary N) is 1. The van der Waals surface area contributed by atoms with E-state index in [0.29, 0.717) is 34.3 Å². The highest BCUT2D eigenvalue weighted by Gasteiger charge is 2.22. The summed E-state index contributed by atoms with van der Waals surface area (Å²) in [5.41, 5.74) is 5.95. The molecule has 3 aromatic heterocycles. The molecule has 0 spiro atoms. The van der Waals surface area contributed by atoms with Gasteiger partial charge in [0.05, 0.1) is 18.9 Å². The summed E-state index contributed by atoms with van der Waals surface area (Å²) in [6.45, 7) is 4.09. The smallest absolute Gasteiger partial charge is 0.186 e. The summed E-state index contributed by atoms with van der Waals surface area (Å²) in [6, 6.07) is 1.59. The number of nitrogen functional groups attached to an aromatic ring is 1. The fourth-order valence-corrected chi connectivity index (χ4v) is 3.71. The molecule has 1 saturated heterocycles. The summed E-state index contributed by atoms with van der Waals surface area (Å²) in [7, 11) is 0. The molecule has 10 heteroatoms. The van der Waals surface area contributed by atoms with Crippen molar-refractivity contribution in [3.8, 4) is 0 Å². The Kier molecular flexibility index (Phi) is 4.06. The monoisotopic (exact) mass is 361 g/mol. The summed E-state index contributed by atoms with van der Waals surface area (Å²) in [4.78, 5) is 18.7. The predicted molar refractivity (Wildman–Crippen MR) is 94.7 cm³/mol. The van der Waals surface area contributed by atoms with Crippen molar-refractivity contribution in [3.05, 3.63) is 24.4 Å². The van der Waals surface area contributed by atoms with E-state index in [2.05, 4.69) is 30.2 Å². The van der Waals surface area contributed by atoms with Crippen molar-refractivity contribution in [3.63, 3.8) is 0 Å². The van der Waals surface area contributed by atoms with Crippen molar-refractivity contribution in [1.29, 1.82) is 0 Å². The number of halogens is 1. The van der Waals surface area contributed by atoms with Gasteiger partial charge in [0, 0.05) is 19.2 Å². The number of anilines is 4. The molecule has 1 aliphatic heterocycles. The Morgan fingerprint density at radius 1 is 1.40 bits per heavy atom. The second-order valence-electron chi connectivity index (χ2n) is 5.71. The quantitative estimate of drug-likeness (QED) is 0.732. The second kappa shape index (κ2) is 6.37. The molecule has 0 aliphatic carbocycles. The number of pyridine rings is 1. The van der Waals surface area contributed by atoms with Gasteiger partial charge in [-0.05, 0) is 6.92 Å². The van der Waals surface area contributed by atoms with Gasteiger partial charge >= 0.3 is 0 Å². The summed E-state index contributed by atoms with van der Waals surface area (Å²) >= 11 is 1.39. The summed E-state index contributed by atoms with van der Waals surface area (Å²) in [5.74, 6) is 0.858. The molecule has 8 nitrogen and oxygen atoms in total. The third kappa shape index (κ3) is 3.17. The van der Waals surface area contributed by atoms with Gasteiger partial charge in [-0.25, -0.2) is 24.3 Å². The highest BCUT2D eigenvalue weighted by atomic mass is 32.1. The Morgan fingerprint density at radius 2 is 2.28 bits per heavy atom. The fourth-order valence-electron chi connectivity index (χ4n) is 2.65. The number of aromatic nitrogens is 4. The normalized spacial score (nSPS) is 17.8. The van der Waals surface area contributed by atoms with E-state index >= 15 is 0 Å². The number of thiazole rings is 1. The fraction of sp³-hybridized carbons (Fsp3) is 0.333. The number of nitrogens with two attached hydrogens (primary N) is 1. The Hall–Kier alpha value is -2.59. The Balaban J connectivity index is 1.71. The molecular weight excluding hydrogens is 345 g/mol. The molecule has 0 unspecified atom stereocenters. The lowest BCUT2D eigenvalue weighted by Crippen LogP contribution is -2.41. The summed E-state index contributed by atoms with van der Waals surface area (Å²) in [5, 5.41) is 3.81. The van der Waals surface area contributed by atoms with Crippen LogP contribution in [0.4, 0.5) is 27.0 Å². The van der Waals surface area contributed by atoms with Crippen LogP contribution in [0.15, 0.2) is 18.6 Å². The largest absolute Gasteiger partial charge is 0.384 e. The van der Waals surface area contributed by atoms with Gasteiger partial charge in [0.1, 0.15) is 28.2 Å². The molecule has 1 atom stereocenters. The molecule has 0 radical (unpaired) electrons. The maximum atomic E-state index is 14.2. The van der Waals surface area contributed by atoms with Gasteiger partial charge in [0.15, 0.2) is 16.8 Å². The molecule has 3 N–H and O–H groups in total. The Bertz CT molecular complexity index is 918. The molecule has 25 heavy (non-hydrogen) atoms. The molecular formula is C15H16FN7OS. The number of hydrogen-bond acceptors (Lipinski definition) is 9. The zero-order valence-electron chi connectivity index (χ0n) is 13.4. The van der Waals surface area contributed by atoms with E-state index in [1.54, 1.807) is 6.07 Å². The van der Waals surface area contributed by atoms with Crippen LogP contribution in [0.1, 0.15) is 6.92 Å². The number of ether oxygens (including phenoxy) is 1. The lowest BCUT2D eigenvalue weighted by molar-refractivity contribution is 0.0532. The van der Waals surface area contributed by atoms with Crippen molar-refractivity contribution in [2.24, 2.45) is 0 Å². The van der Waals surface area contributed by atoms with Gasteiger partial charge in [-0.2, -0.15) is 0 Å². The maximum Gasteiger partial charge on any atom is 0.186 e. The van der Waals surface area contributed by atoms with Crippen molar-refractivity contribution in [1.82, 2.24) is 19.9 Å². The first-order valence-electron chi connectivity index (χ1n) is 7.76. The number of morpholine rings is 1. The average molecular weight is 361 g/mol. The number of nitrogens with zero attached hydrogens (tertiary/aromatic N) is 5. The molecule has 1 aliphatic rings. The van der Waals surface area contributed by atoms with Crippen LogP contribution >= 0.6 is 11.3 Å². The first-order chi connectivity index (χ1) is 12.1. The third-order valence-electron chi connectivity index (χ3n) is 3.81. The van der Waals surface area contributed by atoms with Crippen LogP contribution in [0.25, 0.3) is 10.2 Å². The molecule has 1 fully saturated rings. The minimum atomic E-state index is -0.452. The molecule has 0 bridgehead atoms. The van der Waals surface area contributed by atoms with E-state index in [0.717, 1.165) is 24.4 Å². The van der Waals surface area contributed by atoms with Crippen LogP contribution in [0.5, 0.6) is 0 Å². The number of hydrogen-bond donors (Lipinski definition) is 2. The minimum absolute atomic E-state index is 0.116. The lowest BCUT2D eigenvalue weighted by Gasteiger charge is -2.30. The van der Waals surface area contributed by atoms with Crippen LogP contribution < -0.4 is 16.0 Å². The van der Waals surface area contributed by atoms with E-state index in [1.165, 1.54) is 17.7 Å². The molecule has 0 amide bonds. The topological polar surface area (TPSA) is 102 Å². The van der Waals surface area contributed by atoms with Crippen LogP contribution in [-0.4, -0.2) is 45.7 Å². The number of rotatable bonds is 3. The van der Waals surface area contributed by atoms with Crippen molar-refractivity contribution < 1.29 is 9.13 Å². The van der Waals surface area contributed by atoms with E-state index in [-0.39, 0.29) is 6.10 Å². The SMILES string of the molecule is C[C@H]1CN(c2nc3c(F)cnc(Nc4cc(N)ncn4)c3s2)CCO1. The molecule has 0 saturated carbocycles. The van der Waals surface area contributed by atoms with Crippen molar-refractivity contribution in [2.45, 2.75) is 13.0 Å². The predicted octanol–water partition coefficient (Wildman–Crippen LogP) is 2.17.